The van der Waals surface area contributed by atoms with Gasteiger partial charge >= 0.3 is 0 Å². The molecular formula is C12H20N2O2S. The summed E-state index contributed by atoms with van der Waals surface area (Å²) < 4.78 is 11.1. The SMILES string of the molecule is COC1(C(N)Cc2csc(C)n2)CCOCC1. The highest BCUT2D eigenvalue weighted by atomic mass is 32.1. The molecule has 5 heteroatoms. The molecule has 2 N–H and O–H groups in total. The van der Waals surface area contributed by atoms with Crippen molar-refractivity contribution >= 4 is 11.3 Å². The quantitative estimate of drug-likeness (QED) is 0.887. The topological polar surface area (TPSA) is 57.4 Å². The predicted octanol–water partition coefficient (Wildman–Crippen LogP) is 1.52. The van der Waals surface area contributed by atoms with Gasteiger partial charge in [-0.3, -0.25) is 0 Å². The maximum absolute atomic E-state index is 6.32. The van der Waals surface area contributed by atoms with Gasteiger partial charge in [0.25, 0.3) is 0 Å². The molecule has 1 aromatic rings. The average Bonchev–Trinajstić information content (AvgIpc) is 2.75. The summed E-state index contributed by atoms with van der Waals surface area (Å²) in [7, 11) is 1.75. The van der Waals surface area contributed by atoms with Crippen molar-refractivity contribution in [2.45, 2.75) is 37.8 Å². The van der Waals surface area contributed by atoms with Crippen LogP contribution in [0.25, 0.3) is 0 Å². The Bertz CT molecular complexity index is 361. The Labute approximate surface area is 106 Å². The second-order valence-corrected chi connectivity index (χ2v) is 5.61. The fraction of sp³-hybridized carbons (Fsp3) is 0.750. The van der Waals surface area contributed by atoms with Gasteiger partial charge < -0.3 is 15.2 Å². The van der Waals surface area contributed by atoms with Crippen molar-refractivity contribution in [3.8, 4) is 0 Å². The van der Waals surface area contributed by atoms with E-state index in [9.17, 15) is 0 Å². The molecule has 1 saturated heterocycles. The van der Waals surface area contributed by atoms with E-state index in [2.05, 4.69) is 10.4 Å². The molecule has 96 valence electrons. The Morgan fingerprint density at radius 3 is 2.82 bits per heavy atom. The van der Waals surface area contributed by atoms with Crippen molar-refractivity contribution in [2.75, 3.05) is 20.3 Å². The number of thiazole rings is 1. The maximum Gasteiger partial charge on any atom is 0.0897 e. The summed E-state index contributed by atoms with van der Waals surface area (Å²) in [4.78, 5) is 4.46. The summed E-state index contributed by atoms with van der Waals surface area (Å²) in [5, 5.41) is 3.17. The fourth-order valence-corrected chi connectivity index (χ4v) is 2.98. The first-order valence-electron chi connectivity index (χ1n) is 5.96. The molecule has 0 aliphatic carbocycles. The molecule has 1 unspecified atom stereocenters. The molecule has 0 radical (unpaired) electrons. The molecular weight excluding hydrogens is 236 g/mol. The summed E-state index contributed by atoms with van der Waals surface area (Å²) in [6.45, 7) is 3.48. The minimum absolute atomic E-state index is 0.0158. The van der Waals surface area contributed by atoms with Gasteiger partial charge in [-0.15, -0.1) is 11.3 Å². The normalized spacial score (nSPS) is 21.4. The molecule has 0 bridgehead atoms. The molecule has 1 aliphatic heterocycles. The van der Waals surface area contributed by atoms with Crippen LogP contribution in [0.1, 0.15) is 23.5 Å². The van der Waals surface area contributed by atoms with Crippen LogP contribution in [0.4, 0.5) is 0 Å². The number of methoxy groups -OCH3 is 1. The van der Waals surface area contributed by atoms with Gasteiger partial charge in [-0.25, -0.2) is 4.98 Å². The van der Waals surface area contributed by atoms with Crippen LogP contribution < -0.4 is 5.73 Å². The van der Waals surface area contributed by atoms with Crippen molar-refractivity contribution in [1.29, 1.82) is 0 Å². The lowest BCUT2D eigenvalue weighted by molar-refractivity contribution is -0.103. The van der Waals surface area contributed by atoms with E-state index in [0.717, 1.165) is 43.2 Å². The summed E-state index contributed by atoms with van der Waals surface area (Å²) in [5.41, 5.74) is 7.15. The number of nitrogens with two attached hydrogens (primary N) is 1. The number of aromatic nitrogens is 1. The molecule has 2 heterocycles. The zero-order valence-electron chi connectivity index (χ0n) is 10.4. The van der Waals surface area contributed by atoms with Crippen LogP contribution >= 0.6 is 11.3 Å². The highest BCUT2D eigenvalue weighted by Crippen LogP contribution is 2.29. The van der Waals surface area contributed by atoms with Gasteiger partial charge in [0.2, 0.25) is 0 Å². The van der Waals surface area contributed by atoms with Crippen LogP contribution in [0, 0.1) is 6.92 Å². The zero-order valence-corrected chi connectivity index (χ0v) is 11.3. The van der Waals surface area contributed by atoms with Gasteiger partial charge in [0.1, 0.15) is 0 Å². The van der Waals surface area contributed by atoms with Crippen LogP contribution in [0.15, 0.2) is 5.38 Å². The maximum atomic E-state index is 6.32. The zero-order chi connectivity index (χ0) is 12.3. The van der Waals surface area contributed by atoms with Crippen LogP contribution in [-0.4, -0.2) is 37.0 Å². The lowest BCUT2D eigenvalue weighted by Gasteiger charge is -2.40. The van der Waals surface area contributed by atoms with Gasteiger partial charge in [-0.05, 0) is 6.92 Å². The van der Waals surface area contributed by atoms with Gasteiger partial charge in [0.05, 0.1) is 16.3 Å². The molecule has 17 heavy (non-hydrogen) atoms. The van der Waals surface area contributed by atoms with Crippen molar-refractivity contribution in [3.63, 3.8) is 0 Å². The minimum atomic E-state index is -0.240. The number of nitrogens with zero attached hydrogens (tertiary/aromatic N) is 1. The second kappa shape index (κ2) is 5.44. The Balaban J connectivity index is 2.04. The van der Waals surface area contributed by atoms with E-state index >= 15 is 0 Å². The molecule has 0 saturated carbocycles. The van der Waals surface area contributed by atoms with E-state index in [1.165, 1.54) is 0 Å². The number of ether oxygens (including phenoxy) is 2. The van der Waals surface area contributed by atoms with E-state index in [4.69, 9.17) is 15.2 Å². The molecule has 1 aliphatic rings. The molecule has 4 nitrogen and oxygen atoms in total. The molecule has 0 aromatic carbocycles. The van der Waals surface area contributed by atoms with Crippen molar-refractivity contribution in [1.82, 2.24) is 4.98 Å². The first-order chi connectivity index (χ1) is 8.16. The van der Waals surface area contributed by atoms with Gasteiger partial charge in [0.15, 0.2) is 0 Å². The number of rotatable bonds is 4. The summed E-state index contributed by atoms with van der Waals surface area (Å²) in [6, 6.07) is -0.0158. The standard InChI is InChI=1S/C12H20N2O2S/c1-9-14-10(8-17-9)7-11(13)12(15-2)3-5-16-6-4-12/h8,11H,3-7,13H2,1-2H3. The molecule has 1 atom stereocenters. The van der Waals surface area contributed by atoms with Crippen molar-refractivity contribution in [2.24, 2.45) is 5.73 Å². The third-order valence-corrected chi connectivity index (χ3v) is 4.34. The second-order valence-electron chi connectivity index (χ2n) is 4.55. The number of aryl methyl sites for hydroxylation is 1. The summed E-state index contributed by atoms with van der Waals surface area (Å²) >= 11 is 1.67. The number of hydrogen-bond acceptors (Lipinski definition) is 5. The monoisotopic (exact) mass is 256 g/mol. The first kappa shape index (κ1) is 13.0. The van der Waals surface area contributed by atoms with Crippen LogP contribution in [0.3, 0.4) is 0 Å². The predicted molar refractivity (Wildman–Crippen MR) is 68.3 cm³/mol. The summed E-state index contributed by atoms with van der Waals surface area (Å²) in [6.07, 6.45) is 2.51. The summed E-state index contributed by atoms with van der Waals surface area (Å²) in [5.74, 6) is 0. The molecule has 1 fully saturated rings. The van der Waals surface area contributed by atoms with E-state index in [1.54, 1.807) is 18.4 Å². The highest BCUT2D eigenvalue weighted by molar-refractivity contribution is 7.09. The Kier molecular flexibility index (Phi) is 4.14. The lowest BCUT2D eigenvalue weighted by atomic mass is 9.84. The minimum Gasteiger partial charge on any atom is -0.381 e. The van der Waals surface area contributed by atoms with Crippen molar-refractivity contribution < 1.29 is 9.47 Å². The molecule has 0 spiro atoms. The van der Waals surface area contributed by atoms with E-state index in [-0.39, 0.29) is 11.6 Å². The lowest BCUT2D eigenvalue weighted by Crippen LogP contribution is -2.54. The van der Waals surface area contributed by atoms with Crippen LogP contribution in [0.2, 0.25) is 0 Å². The van der Waals surface area contributed by atoms with Gasteiger partial charge in [-0.2, -0.15) is 0 Å². The largest absolute Gasteiger partial charge is 0.381 e. The Morgan fingerprint density at radius 2 is 2.29 bits per heavy atom. The van der Waals surface area contributed by atoms with Crippen molar-refractivity contribution in [3.05, 3.63) is 16.1 Å². The van der Waals surface area contributed by atoms with E-state index in [1.807, 2.05) is 6.92 Å². The third-order valence-electron chi connectivity index (χ3n) is 3.52. The van der Waals surface area contributed by atoms with Crippen LogP contribution in [-0.2, 0) is 15.9 Å². The Morgan fingerprint density at radius 1 is 1.59 bits per heavy atom. The Hall–Kier alpha value is -0.490. The third kappa shape index (κ3) is 2.85. The number of hydrogen-bond donors (Lipinski definition) is 1. The molecule has 1 aromatic heterocycles. The van der Waals surface area contributed by atoms with E-state index in [0.29, 0.717) is 0 Å². The van der Waals surface area contributed by atoms with E-state index < -0.39 is 0 Å². The van der Waals surface area contributed by atoms with Crippen LogP contribution in [0.5, 0.6) is 0 Å². The smallest absolute Gasteiger partial charge is 0.0897 e. The fourth-order valence-electron chi connectivity index (χ4n) is 2.36. The average molecular weight is 256 g/mol. The molecule has 0 amide bonds. The van der Waals surface area contributed by atoms with Gasteiger partial charge in [0, 0.05) is 51.0 Å². The molecule has 2 rings (SSSR count). The highest BCUT2D eigenvalue weighted by Gasteiger charge is 2.38. The first-order valence-corrected chi connectivity index (χ1v) is 6.84. The van der Waals surface area contributed by atoms with Gasteiger partial charge in [-0.1, -0.05) is 0 Å².